The van der Waals surface area contributed by atoms with Crippen LogP contribution >= 0.6 is 0 Å². The van der Waals surface area contributed by atoms with Gasteiger partial charge in [0.05, 0.1) is 5.75 Å². The second-order valence-corrected chi connectivity index (χ2v) is 9.00. The normalized spacial score (nSPS) is 12.0. The van der Waals surface area contributed by atoms with Gasteiger partial charge in [-0.3, -0.25) is 4.79 Å². The largest absolute Gasteiger partial charge is 0.322 e. The highest BCUT2D eigenvalue weighted by Crippen LogP contribution is 2.20. The molecule has 0 spiro atoms. The third-order valence-corrected chi connectivity index (χ3v) is 5.87. The molecule has 0 fully saturated rings. The lowest BCUT2D eigenvalue weighted by atomic mass is 10.0. The maximum Gasteiger partial charge on any atom is 0.252 e. The minimum atomic E-state index is -3.54. The molecule has 0 radical (unpaired) electrons. The van der Waals surface area contributed by atoms with Crippen LogP contribution in [0.15, 0.2) is 53.3 Å². The van der Waals surface area contributed by atoms with Crippen molar-refractivity contribution < 1.29 is 8.42 Å². The Morgan fingerprint density at radius 2 is 1.74 bits per heavy atom. The highest BCUT2D eigenvalue weighted by Gasteiger charge is 2.13. The lowest BCUT2D eigenvalue weighted by Crippen LogP contribution is -2.28. The van der Waals surface area contributed by atoms with Gasteiger partial charge in [0.2, 0.25) is 10.0 Å². The maximum absolute atomic E-state index is 12.4. The summed E-state index contributed by atoms with van der Waals surface area (Å²) in [7, 11) is -3.54. The van der Waals surface area contributed by atoms with E-state index in [1.807, 2.05) is 37.3 Å². The van der Waals surface area contributed by atoms with E-state index in [0.29, 0.717) is 17.0 Å². The summed E-state index contributed by atoms with van der Waals surface area (Å²) in [5.74, 6) is 0.258. The van der Waals surface area contributed by atoms with Gasteiger partial charge in [0.15, 0.2) is 0 Å². The molecule has 0 amide bonds. The first-order valence-corrected chi connectivity index (χ1v) is 10.6. The maximum atomic E-state index is 12.4. The molecule has 0 bridgehead atoms. The number of aryl methyl sites for hydroxylation is 1. The van der Waals surface area contributed by atoms with Crippen LogP contribution < -0.4 is 10.3 Å². The van der Waals surface area contributed by atoms with E-state index in [-0.39, 0.29) is 17.9 Å². The van der Waals surface area contributed by atoms with Gasteiger partial charge in [-0.1, -0.05) is 49.7 Å². The Balaban J connectivity index is 1.79. The Labute approximate surface area is 159 Å². The van der Waals surface area contributed by atoms with Crippen LogP contribution in [-0.2, 0) is 22.3 Å². The van der Waals surface area contributed by atoms with E-state index in [4.69, 9.17) is 0 Å². The Bertz CT molecular complexity index is 1110. The Kier molecular flexibility index (Phi) is 5.48. The monoisotopic (exact) mass is 384 g/mol. The van der Waals surface area contributed by atoms with Crippen molar-refractivity contribution in [3.63, 3.8) is 0 Å². The van der Waals surface area contributed by atoms with Gasteiger partial charge in [-0.15, -0.1) is 0 Å². The molecule has 0 aliphatic rings. The molecule has 0 unspecified atom stereocenters. The van der Waals surface area contributed by atoms with Crippen LogP contribution in [0.4, 0.5) is 0 Å². The Morgan fingerprint density at radius 1 is 1.04 bits per heavy atom. The number of pyridine rings is 1. The van der Waals surface area contributed by atoms with Gasteiger partial charge in [0.1, 0.15) is 0 Å². The number of H-pyrrole nitrogens is 1. The Hall–Kier alpha value is -2.44. The molecule has 0 atom stereocenters. The van der Waals surface area contributed by atoms with E-state index in [2.05, 4.69) is 23.6 Å². The van der Waals surface area contributed by atoms with Gasteiger partial charge in [0, 0.05) is 17.6 Å². The van der Waals surface area contributed by atoms with Gasteiger partial charge < -0.3 is 4.98 Å². The van der Waals surface area contributed by atoms with Crippen LogP contribution in [0.3, 0.4) is 0 Å². The van der Waals surface area contributed by atoms with E-state index in [1.165, 1.54) is 5.56 Å². The van der Waals surface area contributed by atoms with Gasteiger partial charge in [0.25, 0.3) is 5.56 Å². The number of benzene rings is 2. The van der Waals surface area contributed by atoms with E-state index >= 15 is 0 Å². The summed E-state index contributed by atoms with van der Waals surface area (Å²) in [6.45, 7) is 6.12. The first kappa shape index (κ1) is 19.3. The lowest BCUT2D eigenvalue weighted by molar-refractivity contribution is 0.580. The van der Waals surface area contributed by atoms with Gasteiger partial charge in [-0.05, 0) is 47.6 Å². The van der Waals surface area contributed by atoms with Crippen molar-refractivity contribution in [1.82, 2.24) is 9.71 Å². The summed E-state index contributed by atoms with van der Waals surface area (Å²) >= 11 is 0. The number of hydrogen-bond acceptors (Lipinski definition) is 3. The molecule has 0 aliphatic carbocycles. The number of sulfonamides is 1. The predicted molar refractivity (Wildman–Crippen MR) is 109 cm³/mol. The van der Waals surface area contributed by atoms with Crippen molar-refractivity contribution in [2.75, 3.05) is 0 Å². The first-order chi connectivity index (χ1) is 12.7. The molecule has 1 heterocycles. The number of aromatic nitrogens is 1. The summed E-state index contributed by atoms with van der Waals surface area (Å²) < 4.78 is 27.2. The highest BCUT2D eigenvalue weighted by molar-refractivity contribution is 7.88. The van der Waals surface area contributed by atoms with Crippen LogP contribution in [0, 0.1) is 6.92 Å². The van der Waals surface area contributed by atoms with Crippen LogP contribution in [0.1, 0.15) is 42.0 Å². The molecule has 2 N–H and O–H groups in total. The fourth-order valence-electron chi connectivity index (χ4n) is 2.90. The average Bonchev–Trinajstić information content (AvgIpc) is 2.61. The number of hydrogen-bond donors (Lipinski definition) is 2. The van der Waals surface area contributed by atoms with Gasteiger partial charge in [-0.25, -0.2) is 13.1 Å². The molecule has 0 saturated heterocycles. The second kappa shape index (κ2) is 7.66. The summed E-state index contributed by atoms with van der Waals surface area (Å²) in [4.78, 5) is 15.1. The van der Waals surface area contributed by atoms with Crippen molar-refractivity contribution in [2.45, 2.75) is 39.0 Å². The smallest absolute Gasteiger partial charge is 0.252 e. The number of nitrogens with one attached hydrogen (secondary N) is 2. The van der Waals surface area contributed by atoms with E-state index in [0.717, 1.165) is 16.5 Å². The molecule has 27 heavy (non-hydrogen) atoms. The van der Waals surface area contributed by atoms with Crippen LogP contribution in [0.5, 0.6) is 0 Å². The zero-order valence-electron chi connectivity index (χ0n) is 15.7. The molecule has 0 aliphatic heterocycles. The zero-order chi connectivity index (χ0) is 19.6. The summed E-state index contributed by atoms with van der Waals surface area (Å²) in [5.41, 5.74) is 3.82. The second-order valence-electron chi connectivity index (χ2n) is 7.19. The zero-order valence-corrected chi connectivity index (χ0v) is 16.6. The highest BCUT2D eigenvalue weighted by atomic mass is 32.2. The minimum absolute atomic E-state index is 0.0363. The molecule has 3 aromatic rings. The summed E-state index contributed by atoms with van der Waals surface area (Å²) in [6, 6.07) is 15.0. The molecule has 3 rings (SSSR count). The quantitative estimate of drug-likeness (QED) is 0.682. The molecule has 5 nitrogen and oxygen atoms in total. The number of rotatable bonds is 6. The topological polar surface area (TPSA) is 79.0 Å². The third kappa shape index (κ3) is 4.84. The number of aromatic amines is 1. The molecule has 2 aromatic carbocycles. The van der Waals surface area contributed by atoms with Crippen LogP contribution in [0.25, 0.3) is 10.9 Å². The van der Waals surface area contributed by atoms with Crippen molar-refractivity contribution >= 4 is 20.9 Å². The third-order valence-electron chi connectivity index (χ3n) is 4.57. The van der Waals surface area contributed by atoms with Crippen molar-refractivity contribution in [3.05, 3.63) is 81.1 Å². The SMILES string of the molecule is Cc1ccc(CS(=O)(=O)NCc2cc3cc(C(C)C)ccc3[nH]c2=O)cc1. The van der Waals surface area contributed by atoms with Crippen molar-refractivity contribution in [3.8, 4) is 0 Å². The number of fused-ring (bicyclic) bond motifs is 1. The fraction of sp³-hybridized carbons (Fsp3) is 0.286. The molecule has 1 aromatic heterocycles. The molecule has 0 saturated carbocycles. The van der Waals surface area contributed by atoms with E-state index < -0.39 is 10.0 Å². The molecule has 142 valence electrons. The summed E-state index contributed by atoms with van der Waals surface area (Å²) in [5, 5.41) is 0.897. The Morgan fingerprint density at radius 3 is 2.41 bits per heavy atom. The van der Waals surface area contributed by atoms with Crippen molar-refractivity contribution in [1.29, 1.82) is 0 Å². The first-order valence-electron chi connectivity index (χ1n) is 8.92. The van der Waals surface area contributed by atoms with Gasteiger partial charge >= 0.3 is 0 Å². The molecule has 6 heteroatoms. The van der Waals surface area contributed by atoms with Gasteiger partial charge in [-0.2, -0.15) is 0 Å². The van der Waals surface area contributed by atoms with Crippen LogP contribution in [-0.4, -0.2) is 13.4 Å². The lowest BCUT2D eigenvalue weighted by Gasteiger charge is -2.10. The predicted octanol–water partition coefficient (Wildman–Crippen LogP) is 3.58. The van der Waals surface area contributed by atoms with E-state index in [1.54, 1.807) is 18.2 Å². The standard InChI is InChI=1S/C21H24N2O3S/c1-14(2)17-8-9-20-18(10-17)11-19(21(24)23-20)12-22-27(25,26)13-16-6-4-15(3)5-7-16/h4-11,14,22H,12-13H2,1-3H3,(H,23,24). The summed E-state index contributed by atoms with van der Waals surface area (Å²) in [6.07, 6.45) is 0. The molecular formula is C21H24N2O3S. The van der Waals surface area contributed by atoms with Crippen LogP contribution in [0.2, 0.25) is 0 Å². The fourth-order valence-corrected chi connectivity index (χ4v) is 4.01. The minimum Gasteiger partial charge on any atom is -0.322 e. The van der Waals surface area contributed by atoms with E-state index in [9.17, 15) is 13.2 Å². The molecular weight excluding hydrogens is 360 g/mol. The van der Waals surface area contributed by atoms with Crippen molar-refractivity contribution in [2.24, 2.45) is 0 Å². The average molecular weight is 385 g/mol.